The van der Waals surface area contributed by atoms with Crippen molar-refractivity contribution in [2.75, 3.05) is 6.61 Å². The van der Waals surface area contributed by atoms with Crippen LogP contribution in [0.1, 0.15) is 5.56 Å². The number of aromatic nitrogens is 1. The molecule has 0 aliphatic heterocycles. The predicted octanol–water partition coefficient (Wildman–Crippen LogP) is -1.05. The van der Waals surface area contributed by atoms with Gasteiger partial charge >= 0.3 is 0 Å². The number of aliphatic hydroxyl groups is 1. The van der Waals surface area contributed by atoms with Gasteiger partial charge in [-0.3, -0.25) is 4.79 Å². The predicted molar refractivity (Wildman–Crippen MR) is 47.7 cm³/mol. The summed E-state index contributed by atoms with van der Waals surface area (Å²) >= 11 is 0. The third kappa shape index (κ3) is 2.89. The van der Waals surface area contributed by atoms with Crippen molar-refractivity contribution in [1.82, 2.24) is 10.3 Å². The van der Waals surface area contributed by atoms with Crippen molar-refractivity contribution < 1.29 is 9.90 Å². The van der Waals surface area contributed by atoms with Crippen LogP contribution < -0.4 is 11.1 Å². The van der Waals surface area contributed by atoms with Gasteiger partial charge in [0.1, 0.15) is 6.04 Å². The van der Waals surface area contributed by atoms with Gasteiger partial charge in [0.15, 0.2) is 0 Å². The summed E-state index contributed by atoms with van der Waals surface area (Å²) in [5.74, 6) is -0.344. The lowest BCUT2D eigenvalue weighted by Gasteiger charge is -2.07. The summed E-state index contributed by atoms with van der Waals surface area (Å²) in [6.07, 6.45) is 3.55. The van der Waals surface area contributed by atoms with Crippen LogP contribution in [0, 0.1) is 0 Å². The second kappa shape index (κ2) is 4.64. The van der Waals surface area contributed by atoms with E-state index in [0.29, 0.717) is 6.54 Å². The van der Waals surface area contributed by atoms with E-state index in [2.05, 4.69) is 10.3 Å². The minimum atomic E-state index is -0.834. The Labute approximate surface area is 75.9 Å². The van der Waals surface area contributed by atoms with E-state index in [-0.39, 0.29) is 12.5 Å². The highest BCUT2D eigenvalue weighted by Crippen LogP contribution is 1.94. The van der Waals surface area contributed by atoms with Crippen molar-refractivity contribution in [2.24, 2.45) is 5.73 Å². The molecule has 13 heavy (non-hydrogen) atoms. The minimum Gasteiger partial charge on any atom is -0.394 e. The molecule has 1 rings (SSSR count). The van der Waals surface area contributed by atoms with Crippen LogP contribution in [0.15, 0.2) is 18.5 Å². The molecule has 0 spiro atoms. The normalized spacial score (nSPS) is 12.5. The van der Waals surface area contributed by atoms with Gasteiger partial charge in [0.25, 0.3) is 0 Å². The second-order valence-electron chi connectivity index (χ2n) is 2.73. The molecule has 1 amide bonds. The molecule has 0 aromatic carbocycles. The Kier molecular flexibility index (Phi) is 3.48. The highest BCUT2D eigenvalue weighted by Gasteiger charge is 2.10. The molecule has 0 fully saturated rings. The van der Waals surface area contributed by atoms with Gasteiger partial charge in [-0.15, -0.1) is 0 Å². The van der Waals surface area contributed by atoms with E-state index < -0.39 is 6.04 Å². The molecule has 1 aromatic heterocycles. The Morgan fingerprint density at radius 2 is 2.54 bits per heavy atom. The fourth-order valence-electron chi connectivity index (χ4n) is 0.872. The summed E-state index contributed by atoms with van der Waals surface area (Å²) < 4.78 is 0. The summed E-state index contributed by atoms with van der Waals surface area (Å²) in [4.78, 5) is 13.9. The molecule has 0 radical (unpaired) electrons. The van der Waals surface area contributed by atoms with E-state index in [4.69, 9.17) is 10.8 Å². The van der Waals surface area contributed by atoms with Crippen LogP contribution in [0.3, 0.4) is 0 Å². The lowest BCUT2D eigenvalue weighted by Crippen LogP contribution is -2.42. The van der Waals surface area contributed by atoms with E-state index in [1.807, 2.05) is 6.07 Å². The Morgan fingerprint density at radius 3 is 3.08 bits per heavy atom. The molecule has 1 unspecified atom stereocenters. The van der Waals surface area contributed by atoms with Gasteiger partial charge in [-0.2, -0.15) is 0 Å². The van der Waals surface area contributed by atoms with Crippen molar-refractivity contribution >= 4 is 5.91 Å². The molecule has 5 heteroatoms. The quantitative estimate of drug-likeness (QED) is 0.480. The van der Waals surface area contributed by atoms with Crippen LogP contribution in [0.4, 0.5) is 0 Å². The third-order valence-corrected chi connectivity index (χ3v) is 1.66. The standard InChI is InChI=1S/C8H13N3O2/c9-7(5-12)8(13)11-4-6-1-2-10-3-6/h1-3,7,10,12H,4-5,9H2,(H,11,13). The number of nitrogens with one attached hydrogen (secondary N) is 2. The number of aromatic amines is 1. The summed E-state index contributed by atoms with van der Waals surface area (Å²) in [5, 5.41) is 11.2. The van der Waals surface area contributed by atoms with Gasteiger partial charge in [-0.25, -0.2) is 0 Å². The fourth-order valence-corrected chi connectivity index (χ4v) is 0.872. The maximum Gasteiger partial charge on any atom is 0.239 e. The van der Waals surface area contributed by atoms with Crippen molar-refractivity contribution in [2.45, 2.75) is 12.6 Å². The van der Waals surface area contributed by atoms with Gasteiger partial charge in [0.2, 0.25) is 5.91 Å². The van der Waals surface area contributed by atoms with Crippen LogP contribution in [-0.2, 0) is 11.3 Å². The van der Waals surface area contributed by atoms with Crippen molar-refractivity contribution in [3.05, 3.63) is 24.0 Å². The molecular weight excluding hydrogens is 170 g/mol. The van der Waals surface area contributed by atoms with Gasteiger partial charge < -0.3 is 21.1 Å². The van der Waals surface area contributed by atoms with E-state index >= 15 is 0 Å². The molecule has 0 bridgehead atoms. The molecule has 1 heterocycles. The number of hydrogen-bond donors (Lipinski definition) is 4. The Balaban J connectivity index is 2.31. The van der Waals surface area contributed by atoms with Crippen LogP contribution >= 0.6 is 0 Å². The largest absolute Gasteiger partial charge is 0.394 e. The highest BCUT2D eigenvalue weighted by atomic mass is 16.3. The summed E-state index contributed by atoms with van der Waals surface area (Å²) in [7, 11) is 0. The lowest BCUT2D eigenvalue weighted by atomic mass is 10.3. The highest BCUT2D eigenvalue weighted by molar-refractivity contribution is 5.81. The molecule has 5 N–H and O–H groups in total. The number of hydrogen-bond acceptors (Lipinski definition) is 3. The van der Waals surface area contributed by atoms with Crippen molar-refractivity contribution in [3.8, 4) is 0 Å². The number of carbonyl (C=O) groups excluding carboxylic acids is 1. The first-order valence-electron chi connectivity index (χ1n) is 4.00. The first kappa shape index (κ1) is 9.76. The molecule has 0 saturated carbocycles. The smallest absolute Gasteiger partial charge is 0.239 e. The van der Waals surface area contributed by atoms with Gasteiger partial charge in [0, 0.05) is 18.9 Å². The van der Waals surface area contributed by atoms with Gasteiger partial charge in [-0.1, -0.05) is 0 Å². The third-order valence-electron chi connectivity index (χ3n) is 1.66. The number of aliphatic hydroxyl groups excluding tert-OH is 1. The maximum absolute atomic E-state index is 11.1. The zero-order chi connectivity index (χ0) is 9.68. The Morgan fingerprint density at radius 1 is 1.77 bits per heavy atom. The Hall–Kier alpha value is -1.33. The molecule has 0 aliphatic rings. The maximum atomic E-state index is 11.1. The zero-order valence-corrected chi connectivity index (χ0v) is 7.16. The molecule has 1 atom stereocenters. The lowest BCUT2D eigenvalue weighted by molar-refractivity contribution is -0.123. The average molecular weight is 183 g/mol. The Bertz CT molecular complexity index is 258. The average Bonchev–Trinajstić information content (AvgIpc) is 2.65. The van der Waals surface area contributed by atoms with Crippen molar-refractivity contribution in [3.63, 3.8) is 0 Å². The number of H-pyrrole nitrogens is 1. The second-order valence-corrected chi connectivity index (χ2v) is 2.73. The number of rotatable bonds is 4. The molecule has 0 saturated heterocycles. The van der Waals surface area contributed by atoms with Gasteiger partial charge in [0.05, 0.1) is 6.61 Å². The zero-order valence-electron chi connectivity index (χ0n) is 7.16. The van der Waals surface area contributed by atoms with E-state index in [1.54, 1.807) is 12.4 Å². The van der Waals surface area contributed by atoms with Crippen LogP contribution in [-0.4, -0.2) is 28.6 Å². The van der Waals surface area contributed by atoms with Gasteiger partial charge in [-0.05, 0) is 11.6 Å². The summed E-state index contributed by atoms with van der Waals surface area (Å²) in [5.41, 5.74) is 6.26. The van der Waals surface area contributed by atoms with E-state index in [0.717, 1.165) is 5.56 Å². The summed E-state index contributed by atoms with van der Waals surface area (Å²) in [6, 6.07) is 1.02. The van der Waals surface area contributed by atoms with E-state index in [9.17, 15) is 4.79 Å². The topological polar surface area (TPSA) is 91.1 Å². The van der Waals surface area contributed by atoms with Crippen LogP contribution in [0.2, 0.25) is 0 Å². The minimum absolute atomic E-state index is 0.334. The number of nitrogens with two attached hydrogens (primary N) is 1. The first-order chi connectivity index (χ1) is 6.24. The SMILES string of the molecule is NC(CO)C(=O)NCc1cc[nH]c1. The molecular formula is C8H13N3O2. The molecule has 1 aromatic rings. The number of carbonyl (C=O) groups is 1. The molecule has 5 nitrogen and oxygen atoms in total. The fraction of sp³-hybridized carbons (Fsp3) is 0.375. The van der Waals surface area contributed by atoms with E-state index in [1.165, 1.54) is 0 Å². The monoisotopic (exact) mass is 183 g/mol. The summed E-state index contributed by atoms with van der Waals surface area (Å²) in [6.45, 7) is 0.0923. The first-order valence-corrected chi connectivity index (χ1v) is 4.00. The van der Waals surface area contributed by atoms with Crippen molar-refractivity contribution in [1.29, 1.82) is 0 Å². The molecule has 72 valence electrons. The van der Waals surface area contributed by atoms with Crippen LogP contribution in [0.5, 0.6) is 0 Å². The molecule has 0 aliphatic carbocycles. The number of amides is 1. The van der Waals surface area contributed by atoms with Crippen LogP contribution in [0.25, 0.3) is 0 Å².